The topological polar surface area (TPSA) is 98.5 Å². The largest absolute Gasteiger partial charge is 0.457 e. The number of nitrogens with zero attached hydrogens (tertiary/aromatic N) is 1. The van der Waals surface area contributed by atoms with Crippen molar-refractivity contribution in [3.05, 3.63) is 64.3 Å². The first kappa shape index (κ1) is 21.4. The predicted octanol–water partition coefficient (Wildman–Crippen LogP) is 3.44. The van der Waals surface area contributed by atoms with Crippen molar-refractivity contribution in [2.75, 3.05) is 13.2 Å². The SMILES string of the molecule is CC(=O)NCCc1ccc(C(=O)COC(=O)CCc2ncc(-c3ccccc3)o2)s1. The fraction of sp³-hybridized carbons (Fsp3) is 0.273. The van der Waals surface area contributed by atoms with Crippen molar-refractivity contribution in [2.45, 2.75) is 26.2 Å². The third kappa shape index (κ3) is 6.38. The van der Waals surface area contributed by atoms with E-state index in [1.807, 2.05) is 36.4 Å². The maximum atomic E-state index is 12.2. The number of thiophene rings is 1. The zero-order chi connectivity index (χ0) is 21.3. The van der Waals surface area contributed by atoms with Crippen LogP contribution in [0.3, 0.4) is 0 Å². The molecule has 0 fully saturated rings. The molecule has 3 rings (SSSR count). The first-order valence-electron chi connectivity index (χ1n) is 9.53. The molecule has 0 radical (unpaired) electrons. The number of hydrogen-bond donors (Lipinski definition) is 1. The second kappa shape index (κ2) is 10.5. The minimum absolute atomic E-state index is 0.0778. The van der Waals surface area contributed by atoms with Gasteiger partial charge in [0.05, 0.1) is 17.5 Å². The van der Waals surface area contributed by atoms with Crippen LogP contribution in [-0.4, -0.2) is 35.8 Å². The fourth-order valence-corrected chi connectivity index (χ4v) is 3.62. The highest BCUT2D eigenvalue weighted by molar-refractivity contribution is 7.14. The van der Waals surface area contributed by atoms with Crippen molar-refractivity contribution in [2.24, 2.45) is 0 Å². The van der Waals surface area contributed by atoms with E-state index in [-0.39, 0.29) is 24.7 Å². The molecule has 7 nitrogen and oxygen atoms in total. The average Bonchev–Trinajstić information content (AvgIpc) is 3.41. The van der Waals surface area contributed by atoms with Gasteiger partial charge in [-0.3, -0.25) is 14.4 Å². The number of Topliss-reactive ketones (excluding diaryl/α,β-unsaturated/α-hetero) is 1. The Hall–Kier alpha value is -3.26. The Kier molecular flexibility index (Phi) is 7.51. The number of amides is 1. The summed E-state index contributed by atoms with van der Waals surface area (Å²) >= 11 is 1.34. The molecule has 3 aromatic rings. The van der Waals surface area contributed by atoms with E-state index < -0.39 is 5.97 Å². The van der Waals surface area contributed by atoms with Crippen molar-refractivity contribution in [1.82, 2.24) is 10.3 Å². The van der Waals surface area contributed by atoms with Crippen LogP contribution in [0.15, 0.2) is 53.1 Å². The first-order chi connectivity index (χ1) is 14.5. The third-order valence-electron chi connectivity index (χ3n) is 4.20. The molecule has 0 unspecified atom stereocenters. The van der Waals surface area contributed by atoms with Gasteiger partial charge in [0, 0.05) is 30.3 Å². The van der Waals surface area contributed by atoms with Gasteiger partial charge in [-0.15, -0.1) is 11.3 Å². The Morgan fingerprint density at radius 3 is 2.67 bits per heavy atom. The van der Waals surface area contributed by atoms with E-state index in [0.717, 1.165) is 10.4 Å². The lowest BCUT2D eigenvalue weighted by Gasteiger charge is -2.02. The molecule has 0 saturated heterocycles. The van der Waals surface area contributed by atoms with E-state index >= 15 is 0 Å². The summed E-state index contributed by atoms with van der Waals surface area (Å²) in [6.45, 7) is 1.68. The van der Waals surface area contributed by atoms with Gasteiger partial charge in [0.1, 0.15) is 0 Å². The Morgan fingerprint density at radius 2 is 1.90 bits per heavy atom. The van der Waals surface area contributed by atoms with Crippen LogP contribution in [0.4, 0.5) is 0 Å². The number of carbonyl (C=O) groups is 3. The number of ketones is 1. The van der Waals surface area contributed by atoms with Crippen LogP contribution in [0, 0.1) is 0 Å². The molecule has 1 N–H and O–H groups in total. The predicted molar refractivity (Wildman–Crippen MR) is 112 cm³/mol. The van der Waals surface area contributed by atoms with Gasteiger partial charge in [0.25, 0.3) is 0 Å². The molecule has 30 heavy (non-hydrogen) atoms. The van der Waals surface area contributed by atoms with Crippen LogP contribution in [0.2, 0.25) is 0 Å². The number of oxazole rings is 1. The number of benzene rings is 1. The maximum Gasteiger partial charge on any atom is 0.306 e. The Bertz CT molecular complexity index is 1010. The summed E-state index contributed by atoms with van der Waals surface area (Å²) in [4.78, 5) is 40.7. The molecule has 0 saturated carbocycles. The minimum Gasteiger partial charge on any atom is -0.457 e. The van der Waals surface area contributed by atoms with Crippen molar-refractivity contribution >= 4 is 29.0 Å². The highest BCUT2D eigenvalue weighted by atomic mass is 32.1. The number of nitrogens with one attached hydrogen (secondary N) is 1. The van der Waals surface area contributed by atoms with Crippen LogP contribution in [0.25, 0.3) is 11.3 Å². The first-order valence-corrected chi connectivity index (χ1v) is 10.3. The van der Waals surface area contributed by atoms with Crippen molar-refractivity contribution in [1.29, 1.82) is 0 Å². The van der Waals surface area contributed by atoms with Crippen LogP contribution in [0.5, 0.6) is 0 Å². The molecule has 1 aromatic carbocycles. The lowest BCUT2D eigenvalue weighted by Crippen LogP contribution is -2.22. The van der Waals surface area contributed by atoms with Gasteiger partial charge < -0.3 is 14.5 Å². The van der Waals surface area contributed by atoms with E-state index in [4.69, 9.17) is 9.15 Å². The van der Waals surface area contributed by atoms with Gasteiger partial charge in [0.2, 0.25) is 11.7 Å². The number of aryl methyl sites for hydroxylation is 1. The van der Waals surface area contributed by atoms with Crippen molar-refractivity contribution < 1.29 is 23.5 Å². The van der Waals surface area contributed by atoms with Gasteiger partial charge in [-0.05, 0) is 18.6 Å². The van der Waals surface area contributed by atoms with Gasteiger partial charge in [-0.1, -0.05) is 30.3 Å². The molecular formula is C22H22N2O5S. The van der Waals surface area contributed by atoms with Crippen molar-refractivity contribution in [3.8, 4) is 11.3 Å². The number of carbonyl (C=O) groups excluding carboxylic acids is 3. The van der Waals surface area contributed by atoms with Crippen molar-refractivity contribution in [3.63, 3.8) is 0 Å². The van der Waals surface area contributed by atoms with E-state index in [1.165, 1.54) is 18.3 Å². The maximum absolute atomic E-state index is 12.2. The normalized spacial score (nSPS) is 10.6. The fourth-order valence-electron chi connectivity index (χ4n) is 2.68. The second-order valence-electron chi connectivity index (χ2n) is 6.57. The van der Waals surface area contributed by atoms with Crippen LogP contribution in [-0.2, 0) is 27.2 Å². The average molecular weight is 426 g/mol. The van der Waals surface area contributed by atoms with E-state index in [1.54, 1.807) is 12.3 Å². The van der Waals surface area contributed by atoms with Crippen LogP contribution < -0.4 is 5.32 Å². The molecule has 8 heteroatoms. The summed E-state index contributed by atoms with van der Waals surface area (Å²) in [5.74, 6) is 0.267. The zero-order valence-corrected chi connectivity index (χ0v) is 17.4. The van der Waals surface area contributed by atoms with E-state index in [2.05, 4.69) is 10.3 Å². The lowest BCUT2D eigenvalue weighted by atomic mass is 10.2. The minimum atomic E-state index is -0.481. The van der Waals surface area contributed by atoms with Crippen LogP contribution >= 0.6 is 11.3 Å². The van der Waals surface area contributed by atoms with Gasteiger partial charge in [-0.25, -0.2) is 4.98 Å². The van der Waals surface area contributed by atoms with Crippen LogP contribution in [0.1, 0.15) is 33.8 Å². The summed E-state index contributed by atoms with van der Waals surface area (Å²) in [6.07, 6.45) is 2.65. The summed E-state index contributed by atoms with van der Waals surface area (Å²) in [5, 5.41) is 2.71. The summed E-state index contributed by atoms with van der Waals surface area (Å²) in [5.41, 5.74) is 0.914. The number of rotatable bonds is 10. The highest BCUT2D eigenvalue weighted by Crippen LogP contribution is 2.20. The summed E-state index contributed by atoms with van der Waals surface area (Å²) in [7, 11) is 0. The number of ether oxygens (including phenoxy) is 1. The lowest BCUT2D eigenvalue weighted by molar-refractivity contribution is -0.142. The number of aromatic nitrogens is 1. The second-order valence-corrected chi connectivity index (χ2v) is 7.74. The Morgan fingerprint density at radius 1 is 1.10 bits per heavy atom. The molecular weight excluding hydrogens is 404 g/mol. The highest BCUT2D eigenvalue weighted by Gasteiger charge is 2.14. The van der Waals surface area contributed by atoms with E-state index in [9.17, 15) is 14.4 Å². The van der Waals surface area contributed by atoms with Gasteiger partial charge in [-0.2, -0.15) is 0 Å². The molecule has 2 heterocycles. The molecule has 0 atom stereocenters. The molecule has 0 aliphatic rings. The summed E-state index contributed by atoms with van der Waals surface area (Å²) < 4.78 is 10.7. The molecule has 0 aliphatic heterocycles. The van der Waals surface area contributed by atoms with Gasteiger partial charge >= 0.3 is 5.97 Å². The van der Waals surface area contributed by atoms with Gasteiger partial charge in [0.15, 0.2) is 18.3 Å². The summed E-state index contributed by atoms with van der Waals surface area (Å²) in [6, 6.07) is 13.1. The molecule has 1 amide bonds. The molecule has 2 aromatic heterocycles. The van der Waals surface area contributed by atoms with E-state index in [0.29, 0.717) is 35.9 Å². The smallest absolute Gasteiger partial charge is 0.306 e. The Balaban J connectivity index is 1.40. The molecule has 0 bridgehead atoms. The number of hydrogen-bond acceptors (Lipinski definition) is 7. The molecule has 0 spiro atoms. The zero-order valence-electron chi connectivity index (χ0n) is 16.6. The quantitative estimate of drug-likeness (QED) is 0.394. The standard InChI is InChI=1S/C22H22N2O5S/c1-15(25)23-12-11-17-7-8-20(30-17)18(26)14-28-22(27)10-9-21-24-13-19(29-21)16-5-3-2-4-6-16/h2-8,13H,9-12,14H2,1H3,(H,23,25). The Labute approximate surface area is 178 Å². The third-order valence-corrected chi connectivity index (χ3v) is 5.39. The molecule has 0 aliphatic carbocycles. The molecule has 156 valence electrons. The number of esters is 1. The monoisotopic (exact) mass is 426 g/mol.